The molecule has 2 aromatic rings. The minimum atomic E-state index is -0.188. The molecule has 0 saturated carbocycles. The molecule has 0 spiro atoms. The summed E-state index contributed by atoms with van der Waals surface area (Å²) in [5.74, 6) is 1.82. The van der Waals surface area contributed by atoms with Gasteiger partial charge in [-0.1, -0.05) is 23.7 Å². The van der Waals surface area contributed by atoms with Crippen molar-refractivity contribution in [1.29, 1.82) is 0 Å². The molecule has 2 aliphatic rings. The Balaban J connectivity index is 1.48. The molecule has 4 rings (SSSR count). The molecule has 0 aliphatic carbocycles. The number of halogens is 1. The van der Waals surface area contributed by atoms with Crippen molar-refractivity contribution < 1.29 is 4.79 Å². The zero-order chi connectivity index (χ0) is 23.4. The molecule has 1 N–H and O–H groups in total. The van der Waals surface area contributed by atoms with Gasteiger partial charge in [0.15, 0.2) is 0 Å². The smallest absolute Gasteiger partial charge is 0.231 e. The number of amides is 1. The molecule has 1 amide bonds. The van der Waals surface area contributed by atoms with Crippen LogP contribution in [0, 0.1) is 0 Å². The number of thioether (sulfide) groups is 1. The lowest BCUT2D eigenvalue weighted by atomic mass is 9.96. The third-order valence-electron chi connectivity index (χ3n) is 6.62. The molecule has 3 atom stereocenters. The highest BCUT2D eigenvalue weighted by Crippen LogP contribution is 2.43. The zero-order valence-corrected chi connectivity index (χ0v) is 21.3. The molecule has 6 nitrogen and oxygen atoms in total. The van der Waals surface area contributed by atoms with Crippen molar-refractivity contribution in [3.05, 3.63) is 52.4 Å². The topological polar surface area (TPSA) is 61.4 Å². The Labute approximate surface area is 206 Å². The first kappa shape index (κ1) is 24.3. The highest BCUT2D eigenvalue weighted by atomic mass is 35.5. The molecule has 33 heavy (non-hydrogen) atoms. The Bertz CT molecular complexity index is 950. The number of aromatic nitrogens is 2. The summed E-state index contributed by atoms with van der Waals surface area (Å²) in [6, 6.07) is 7.84. The number of nitrogens with zero attached hydrogens (tertiary/aromatic N) is 4. The van der Waals surface area contributed by atoms with Crippen LogP contribution in [-0.2, 0) is 10.5 Å². The molecule has 0 radical (unpaired) electrons. The summed E-state index contributed by atoms with van der Waals surface area (Å²) in [7, 11) is 0. The van der Waals surface area contributed by atoms with E-state index in [1.807, 2.05) is 40.9 Å². The van der Waals surface area contributed by atoms with E-state index in [1.54, 1.807) is 6.33 Å². The first-order chi connectivity index (χ1) is 16.0. The molecule has 0 bridgehead atoms. The fourth-order valence-corrected chi connectivity index (χ4v) is 6.00. The summed E-state index contributed by atoms with van der Waals surface area (Å²) in [6.07, 6.45) is 4.06. The van der Waals surface area contributed by atoms with E-state index in [0.717, 1.165) is 42.5 Å². The Hall–Kier alpha value is -1.83. The SMILES string of the molecule is CCN(C[C@H](C)Nc1ncnc2c1[C@H](C)SC2)C(=O)C(CN1CCCC1)c1ccc(Cl)cc1. The maximum atomic E-state index is 13.8. The largest absolute Gasteiger partial charge is 0.365 e. The van der Waals surface area contributed by atoms with Gasteiger partial charge in [-0.15, -0.1) is 11.8 Å². The predicted molar refractivity (Wildman–Crippen MR) is 137 cm³/mol. The lowest BCUT2D eigenvalue weighted by Gasteiger charge is -2.31. The number of anilines is 1. The second-order valence-corrected chi connectivity index (χ2v) is 10.8. The average Bonchev–Trinajstić information content (AvgIpc) is 3.46. The lowest BCUT2D eigenvalue weighted by molar-refractivity contribution is -0.133. The number of fused-ring (bicyclic) bond motifs is 1. The zero-order valence-electron chi connectivity index (χ0n) is 19.8. The minimum absolute atomic E-state index is 0.0726. The van der Waals surface area contributed by atoms with E-state index < -0.39 is 0 Å². The first-order valence-electron chi connectivity index (χ1n) is 11.9. The number of benzene rings is 1. The van der Waals surface area contributed by atoms with Crippen molar-refractivity contribution in [2.75, 3.05) is 38.0 Å². The number of likely N-dealkylation sites (tertiary alicyclic amines) is 1. The average molecular weight is 488 g/mol. The Morgan fingerprint density at radius 1 is 1.27 bits per heavy atom. The fraction of sp³-hybridized carbons (Fsp3) is 0.560. The molecule has 2 aliphatic heterocycles. The molecule has 1 aromatic carbocycles. The van der Waals surface area contributed by atoms with Crippen LogP contribution < -0.4 is 5.32 Å². The Morgan fingerprint density at radius 2 is 2.00 bits per heavy atom. The monoisotopic (exact) mass is 487 g/mol. The summed E-state index contributed by atoms with van der Waals surface area (Å²) in [4.78, 5) is 27.1. The van der Waals surface area contributed by atoms with Crippen molar-refractivity contribution in [3.63, 3.8) is 0 Å². The van der Waals surface area contributed by atoms with Crippen molar-refractivity contribution in [1.82, 2.24) is 19.8 Å². The van der Waals surface area contributed by atoms with Gasteiger partial charge in [0.05, 0.1) is 11.6 Å². The van der Waals surface area contributed by atoms with Crippen molar-refractivity contribution in [3.8, 4) is 0 Å². The van der Waals surface area contributed by atoms with Gasteiger partial charge in [0.1, 0.15) is 12.1 Å². The second-order valence-electron chi connectivity index (χ2n) is 9.07. The number of hydrogen-bond donors (Lipinski definition) is 1. The highest BCUT2D eigenvalue weighted by Gasteiger charge is 2.30. The van der Waals surface area contributed by atoms with Gasteiger partial charge in [0, 0.05) is 47.3 Å². The second kappa shape index (κ2) is 11.1. The van der Waals surface area contributed by atoms with Gasteiger partial charge in [-0.05, 0) is 64.4 Å². The molecule has 1 unspecified atom stereocenters. The van der Waals surface area contributed by atoms with E-state index in [-0.39, 0.29) is 17.9 Å². The molecular formula is C25H34ClN5OS. The summed E-state index contributed by atoms with van der Waals surface area (Å²) in [6.45, 7) is 10.6. The molecule has 1 saturated heterocycles. The maximum absolute atomic E-state index is 13.8. The van der Waals surface area contributed by atoms with Gasteiger partial charge in [-0.3, -0.25) is 4.79 Å². The van der Waals surface area contributed by atoms with Crippen LogP contribution in [0.1, 0.15) is 61.6 Å². The highest BCUT2D eigenvalue weighted by molar-refractivity contribution is 7.99. The Kier molecular flexibility index (Phi) is 8.15. The maximum Gasteiger partial charge on any atom is 0.231 e. The fourth-order valence-electron chi connectivity index (χ4n) is 4.83. The van der Waals surface area contributed by atoms with Crippen LogP contribution in [-0.4, -0.2) is 64.4 Å². The van der Waals surface area contributed by atoms with E-state index in [4.69, 9.17) is 11.6 Å². The van der Waals surface area contributed by atoms with E-state index in [0.29, 0.717) is 23.4 Å². The molecule has 178 valence electrons. The molecule has 3 heterocycles. The lowest BCUT2D eigenvalue weighted by Crippen LogP contribution is -2.44. The van der Waals surface area contributed by atoms with E-state index in [9.17, 15) is 4.79 Å². The van der Waals surface area contributed by atoms with Crippen LogP contribution in [0.4, 0.5) is 5.82 Å². The van der Waals surface area contributed by atoms with Gasteiger partial charge in [-0.2, -0.15) is 0 Å². The molecular weight excluding hydrogens is 454 g/mol. The molecule has 1 aromatic heterocycles. The van der Waals surface area contributed by atoms with Gasteiger partial charge >= 0.3 is 0 Å². The van der Waals surface area contributed by atoms with Gasteiger partial charge < -0.3 is 15.1 Å². The van der Waals surface area contributed by atoms with Crippen LogP contribution in [0.2, 0.25) is 5.02 Å². The summed E-state index contributed by atoms with van der Waals surface area (Å²) in [5, 5.41) is 4.64. The predicted octanol–water partition coefficient (Wildman–Crippen LogP) is 4.97. The number of carbonyl (C=O) groups is 1. The number of nitrogens with one attached hydrogen (secondary N) is 1. The summed E-state index contributed by atoms with van der Waals surface area (Å²) < 4.78 is 0. The standard InChI is InChI=1S/C25H34ClN5OS/c1-4-31(13-17(2)29-24-23-18(3)33-15-22(23)27-16-28-24)25(32)21(14-30-11-5-6-12-30)19-7-9-20(26)10-8-19/h7-10,16-18,21H,4-6,11-15H2,1-3H3,(H,27,28,29)/t17-,18-,21?/m0/s1. The van der Waals surface area contributed by atoms with Crippen molar-refractivity contribution >= 4 is 35.1 Å². The number of rotatable bonds is 9. The van der Waals surface area contributed by atoms with Crippen LogP contribution >= 0.6 is 23.4 Å². The van der Waals surface area contributed by atoms with Crippen LogP contribution in [0.3, 0.4) is 0 Å². The van der Waals surface area contributed by atoms with Crippen LogP contribution in [0.5, 0.6) is 0 Å². The summed E-state index contributed by atoms with van der Waals surface area (Å²) >= 11 is 8.01. The van der Waals surface area contributed by atoms with E-state index >= 15 is 0 Å². The third-order valence-corrected chi connectivity index (χ3v) is 8.05. The van der Waals surface area contributed by atoms with Gasteiger partial charge in [0.25, 0.3) is 0 Å². The van der Waals surface area contributed by atoms with Crippen LogP contribution in [0.15, 0.2) is 30.6 Å². The number of carbonyl (C=O) groups excluding carboxylic acids is 1. The van der Waals surface area contributed by atoms with Crippen molar-refractivity contribution in [2.45, 2.75) is 56.6 Å². The van der Waals surface area contributed by atoms with Gasteiger partial charge in [0.2, 0.25) is 5.91 Å². The minimum Gasteiger partial charge on any atom is -0.365 e. The quantitative estimate of drug-likeness (QED) is 0.539. The number of hydrogen-bond acceptors (Lipinski definition) is 6. The molecule has 1 fully saturated rings. The number of likely N-dealkylation sites (N-methyl/N-ethyl adjacent to an activating group) is 1. The van der Waals surface area contributed by atoms with Gasteiger partial charge in [-0.25, -0.2) is 9.97 Å². The molecule has 8 heteroatoms. The van der Waals surface area contributed by atoms with E-state index in [1.165, 1.54) is 18.4 Å². The van der Waals surface area contributed by atoms with Crippen molar-refractivity contribution in [2.24, 2.45) is 0 Å². The van der Waals surface area contributed by atoms with E-state index in [2.05, 4.69) is 41.0 Å². The first-order valence-corrected chi connectivity index (χ1v) is 13.4. The Morgan fingerprint density at radius 3 is 2.70 bits per heavy atom. The van der Waals surface area contributed by atoms with Crippen LogP contribution in [0.25, 0.3) is 0 Å². The normalized spacial score (nSPS) is 19.8. The third kappa shape index (κ3) is 5.81. The summed E-state index contributed by atoms with van der Waals surface area (Å²) in [5.41, 5.74) is 3.36.